The Labute approximate surface area is 370 Å². The Balaban J connectivity index is 1.22. The highest BCUT2D eigenvalue weighted by Gasteiger charge is 2.44. The molecule has 306 valence electrons. The van der Waals surface area contributed by atoms with Gasteiger partial charge in [0.2, 0.25) is 0 Å². The Hall–Kier alpha value is -7.10. The van der Waals surface area contributed by atoms with E-state index in [-0.39, 0.29) is 10.8 Å². The van der Waals surface area contributed by atoms with Crippen LogP contribution in [0.1, 0.15) is 72.2 Å². The lowest BCUT2D eigenvalue weighted by Crippen LogP contribution is -2.33. The van der Waals surface area contributed by atoms with E-state index in [1.807, 2.05) is 0 Å². The number of hydrogen-bond donors (Lipinski definition) is 0. The average Bonchev–Trinajstić information content (AvgIpc) is 3.62. The number of benzene rings is 9. The largest absolute Gasteiger partial charge is 0.310 e. The average molecular weight is 814 g/mol. The number of aromatic nitrogens is 1. The second kappa shape index (κ2) is 13.2. The van der Waals surface area contributed by atoms with Crippen LogP contribution in [0, 0.1) is 27.7 Å². The van der Waals surface area contributed by atoms with Gasteiger partial charge in [0.15, 0.2) is 0 Å². The summed E-state index contributed by atoms with van der Waals surface area (Å²) in [5.74, 6) is 0. The summed E-state index contributed by atoms with van der Waals surface area (Å²) in [6.07, 6.45) is 0. The van der Waals surface area contributed by atoms with Crippen LogP contribution in [-0.2, 0) is 10.8 Å². The van der Waals surface area contributed by atoms with Crippen molar-refractivity contribution in [3.05, 3.63) is 208 Å². The van der Waals surface area contributed by atoms with Crippen molar-refractivity contribution in [2.24, 2.45) is 0 Å². The zero-order chi connectivity index (χ0) is 43.1. The van der Waals surface area contributed by atoms with Crippen molar-refractivity contribution in [3.8, 4) is 5.69 Å². The number of aryl methyl sites for hydroxylation is 2. The van der Waals surface area contributed by atoms with Crippen LogP contribution in [-0.4, -0.2) is 4.57 Å². The molecule has 3 heteroatoms. The third-order valence-electron chi connectivity index (χ3n) is 15.0. The number of anilines is 6. The van der Waals surface area contributed by atoms with Gasteiger partial charge in [0.25, 0.3) is 0 Å². The number of para-hydroxylation sites is 1. The molecule has 0 unspecified atom stereocenters. The molecule has 0 saturated carbocycles. The molecule has 1 aromatic heterocycles. The molecule has 0 amide bonds. The first-order valence-electron chi connectivity index (χ1n) is 22.4. The zero-order valence-electron chi connectivity index (χ0n) is 37.4. The summed E-state index contributed by atoms with van der Waals surface area (Å²) in [6.45, 7) is 18.8. The molecule has 63 heavy (non-hydrogen) atoms. The predicted molar refractivity (Wildman–Crippen MR) is 268 cm³/mol. The quantitative estimate of drug-likeness (QED) is 0.166. The molecular weight excluding hydrogens is 763 g/mol. The molecule has 2 aliphatic heterocycles. The summed E-state index contributed by atoms with van der Waals surface area (Å²) in [5.41, 5.74) is 21.0. The topological polar surface area (TPSA) is 11.4 Å². The van der Waals surface area contributed by atoms with Gasteiger partial charge < -0.3 is 14.4 Å². The number of fused-ring (bicyclic) bond motifs is 3. The summed E-state index contributed by atoms with van der Waals surface area (Å²) in [7, 11) is 0. The van der Waals surface area contributed by atoms with Gasteiger partial charge in [0, 0.05) is 55.7 Å². The lowest BCUT2D eigenvalue weighted by Gasteiger charge is -2.42. The fraction of sp³-hybridized carbons (Fsp3) is 0.167. The van der Waals surface area contributed by atoms with E-state index in [0.717, 1.165) is 11.4 Å². The lowest BCUT2D eigenvalue weighted by molar-refractivity contribution is 0.593. The van der Waals surface area contributed by atoms with Gasteiger partial charge in [-0.2, -0.15) is 0 Å². The van der Waals surface area contributed by atoms with Crippen molar-refractivity contribution in [1.29, 1.82) is 0 Å². The first-order valence-corrected chi connectivity index (χ1v) is 22.4. The molecule has 3 nitrogen and oxygen atoms in total. The Bertz CT molecular complexity index is 3350. The Morgan fingerprint density at radius 1 is 0.365 bits per heavy atom. The van der Waals surface area contributed by atoms with Crippen LogP contribution >= 0.6 is 0 Å². The third-order valence-corrected chi connectivity index (χ3v) is 15.0. The fourth-order valence-electron chi connectivity index (χ4n) is 11.2. The van der Waals surface area contributed by atoms with E-state index in [4.69, 9.17) is 0 Å². The monoisotopic (exact) mass is 813 g/mol. The van der Waals surface area contributed by atoms with Crippen molar-refractivity contribution in [3.63, 3.8) is 0 Å². The van der Waals surface area contributed by atoms with Crippen molar-refractivity contribution >= 4 is 77.5 Å². The molecule has 0 saturated heterocycles. The van der Waals surface area contributed by atoms with Crippen LogP contribution in [0.5, 0.6) is 0 Å². The number of rotatable bonds is 6. The van der Waals surface area contributed by atoms with Crippen molar-refractivity contribution in [1.82, 2.24) is 4.57 Å². The van der Waals surface area contributed by atoms with Gasteiger partial charge in [-0.1, -0.05) is 131 Å². The maximum atomic E-state index is 2.65. The van der Waals surface area contributed by atoms with Crippen LogP contribution in [0.4, 0.5) is 34.1 Å². The van der Waals surface area contributed by atoms with Crippen LogP contribution in [0.15, 0.2) is 164 Å². The van der Waals surface area contributed by atoms with E-state index in [0.29, 0.717) is 0 Å². The molecule has 2 aliphatic rings. The summed E-state index contributed by atoms with van der Waals surface area (Å²) < 4.78 is 2.65. The first-order chi connectivity index (χ1) is 30.4. The van der Waals surface area contributed by atoms with Gasteiger partial charge in [0.1, 0.15) is 0 Å². The second-order valence-corrected chi connectivity index (χ2v) is 19.2. The minimum absolute atomic E-state index is 0.271. The van der Waals surface area contributed by atoms with E-state index in [1.165, 1.54) is 116 Å². The van der Waals surface area contributed by atoms with E-state index in [9.17, 15) is 0 Å². The molecule has 0 aliphatic carbocycles. The summed E-state index contributed by atoms with van der Waals surface area (Å²) in [5, 5.41) is 7.50. The maximum Gasteiger partial charge on any atom is 0.0583 e. The van der Waals surface area contributed by atoms with E-state index < -0.39 is 0 Å². The fourth-order valence-corrected chi connectivity index (χ4v) is 11.2. The molecule has 3 heterocycles. The van der Waals surface area contributed by atoms with Gasteiger partial charge in [-0.05, 0) is 154 Å². The number of hydrogen-bond acceptors (Lipinski definition) is 2. The molecule has 0 spiro atoms. The highest BCUT2D eigenvalue weighted by Crippen LogP contribution is 2.58. The molecule has 10 aromatic rings. The Morgan fingerprint density at radius 2 is 0.778 bits per heavy atom. The standard InChI is InChI=1S/C60H51N3/c1-36-16-13-24-54(38(36)3)61(44-28-26-40-18-9-11-20-42(40)30-44)46-32-48-49-33-47(62(55-25-14-17-37(2)39(55)4)45-29-27-41-19-10-12-21-43(41)31-45)35-53-57(49)63-56(48)52(34-46)59(5,6)50-22-15-23-51(58(50)63)60(53,7)8/h9-35H,1-8H3. The van der Waals surface area contributed by atoms with Gasteiger partial charge in [-0.15, -0.1) is 0 Å². The Kier molecular flexibility index (Phi) is 7.89. The van der Waals surface area contributed by atoms with Gasteiger partial charge in [0.05, 0.1) is 16.7 Å². The van der Waals surface area contributed by atoms with Crippen LogP contribution in [0.3, 0.4) is 0 Å². The third kappa shape index (κ3) is 5.26. The SMILES string of the molecule is Cc1cccc(N(c2ccc3ccccc3c2)c2cc3c4c(c2)c2cc(N(c5ccc6ccccc6c5)c5cccc(C)c5C)cc5c2n4-c2c(cccc2C5(C)C)C3(C)C)c1C. The Morgan fingerprint density at radius 3 is 1.22 bits per heavy atom. The summed E-state index contributed by atoms with van der Waals surface area (Å²) in [6, 6.07) is 61.8. The second-order valence-electron chi connectivity index (χ2n) is 19.2. The van der Waals surface area contributed by atoms with Gasteiger partial charge in [-0.3, -0.25) is 0 Å². The normalized spacial score (nSPS) is 14.3. The molecule has 9 aromatic carbocycles. The smallest absolute Gasteiger partial charge is 0.0583 e. The molecule has 0 radical (unpaired) electrons. The van der Waals surface area contributed by atoms with Crippen LogP contribution < -0.4 is 9.80 Å². The molecule has 0 atom stereocenters. The van der Waals surface area contributed by atoms with Crippen molar-refractivity contribution in [2.75, 3.05) is 9.80 Å². The molecule has 12 rings (SSSR count). The molecule has 0 fully saturated rings. The van der Waals surface area contributed by atoms with E-state index in [1.54, 1.807) is 0 Å². The van der Waals surface area contributed by atoms with Crippen molar-refractivity contribution < 1.29 is 0 Å². The van der Waals surface area contributed by atoms with Crippen LogP contribution in [0.25, 0.3) is 49.0 Å². The zero-order valence-corrected chi connectivity index (χ0v) is 37.4. The summed E-state index contributed by atoms with van der Waals surface area (Å²) in [4.78, 5) is 5.03. The minimum atomic E-state index is -0.271. The van der Waals surface area contributed by atoms with Gasteiger partial charge in [-0.25, -0.2) is 0 Å². The predicted octanol–water partition coefficient (Wildman–Crippen LogP) is 16.5. The van der Waals surface area contributed by atoms with Gasteiger partial charge >= 0.3 is 0 Å². The highest BCUT2D eigenvalue weighted by atomic mass is 15.2. The molecule has 0 bridgehead atoms. The van der Waals surface area contributed by atoms with E-state index in [2.05, 4.69) is 234 Å². The van der Waals surface area contributed by atoms with Crippen molar-refractivity contribution in [2.45, 2.75) is 66.2 Å². The number of nitrogens with zero attached hydrogens (tertiary/aromatic N) is 3. The first kappa shape index (κ1) is 37.6. The lowest BCUT2D eigenvalue weighted by atomic mass is 9.68. The minimum Gasteiger partial charge on any atom is -0.310 e. The molecular formula is C60H51N3. The highest BCUT2D eigenvalue weighted by molar-refractivity contribution is 6.16. The van der Waals surface area contributed by atoms with E-state index >= 15 is 0 Å². The van der Waals surface area contributed by atoms with Crippen LogP contribution in [0.2, 0.25) is 0 Å². The molecule has 0 N–H and O–H groups in total. The summed E-state index contributed by atoms with van der Waals surface area (Å²) >= 11 is 0. The maximum absolute atomic E-state index is 2.65.